The van der Waals surface area contributed by atoms with E-state index in [0.717, 1.165) is 6.42 Å². The molecule has 0 aliphatic carbocycles. The number of halogens is 3. The molecule has 0 spiro atoms. The second-order valence-electron chi connectivity index (χ2n) is 2.92. The van der Waals surface area contributed by atoms with Gasteiger partial charge >= 0.3 is 0 Å². The first-order valence-corrected chi connectivity index (χ1v) is 4.78. The Kier molecular flexibility index (Phi) is 2.24. The lowest BCUT2D eigenvalue weighted by atomic mass is 10.1. The van der Waals surface area contributed by atoms with Gasteiger partial charge in [-0.05, 0) is 28.8 Å². The smallest absolute Gasteiger partial charge is 0.147 e. The Morgan fingerprint density at radius 1 is 1.38 bits per heavy atom. The molecule has 1 aliphatic rings. The fourth-order valence-electron chi connectivity index (χ4n) is 1.40. The van der Waals surface area contributed by atoms with Crippen LogP contribution < -0.4 is 4.74 Å². The molecule has 1 aliphatic heterocycles. The highest BCUT2D eigenvalue weighted by Gasteiger charge is 2.20. The second-order valence-corrected chi connectivity index (χ2v) is 3.71. The van der Waals surface area contributed by atoms with Gasteiger partial charge in [0.25, 0.3) is 0 Å². The van der Waals surface area contributed by atoms with Gasteiger partial charge in [0, 0.05) is 11.6 Å². The van der Waals surface area contributed by atoms with E-state index in [-0.39, 0.29) is 4.47 Å². The third kappa shape index (κ3) is 1.43. The quantitative estimate of drug-likeness (QED) is 0.642. The number of ether oxygens (including phenoxy) is 1. The average molecular weight is 249 g/mol. The molecule has 0 amide bonds. The van der Waals surface area contributed by atoms with Gasteiger partial charge in [-0.1, -0.05) is 0 Å². The first kappa shape index (κ1) is 8.94. The maximum atomic E-state index is 13.4. The van der Waals surface area contributed by atoms with E-state index in [0.29, 0.717) is 24.3 Å². The van der Waals surface area contributed by atoms with Crippen LogP contribution in [0.15, 0.2) is 10.5 Å². The van der Waals surface area contributed by atoms with Crippen LogP contribution >= 0.6 is 15.9 Å². The van der Waals surface area contributed by atoms with Gasteiger partial charge in [0.2, 0.25) is 0 Å². The SMILES string of the molecule is Fc1cc2c(c(F)c1Br)CCCO2. The third-order valence-corrected chi connectivity index (χ3v) is 2.78. The Balaban J connectivity index is 2.60. The molecule has 0 radical (unpaired) electrons. The molecule has 1 nitrogen and oxygen atoms in total. The van der Waals surface area contributed by atoms with E-state index in [1.165, 1.54) is 6.07 Å². The van der Waals surface area contributed by atoms with Crippen molar-refractivity contribution in [2.45, 2.75) is 12.8 Å². The van der Waals surface area contributed by atoms with Gasteiger partial charge in [-0.3, -0.25) is 0 Å². The van der Waals surface area contributed by atoms with Crippen molar-refractivity contribution in [1.82, 2.24) is 0 Å². The van der Waals surface area contributed by atoms with Crippen molar-refractivity contribution in [3.63, 3.8) is 0 Å². The highest BCUT2D eigenvalue weighted by atomic mass is 79.9. The van der Waals surface area contributed by atoms with Crippen LogP contribution in [-0.4, -0.2) is 6.61 Å². The van der Waals surface area contributed by atoms with E-state index in [1.807, 2.05) is 0 Å². The number of benzene rings is 1. The molecule has 0 N–H and O–H groups in total. The van der Waals surface area contributed by atoms with Gasteiger partial charge in [0.1, 0.15) is 17.4 Å². The molecular formula is C9H7BrF2O. The van der Waals surface area contributed by atoms with Crippen LogP contribution in [-0.2, 0) is 6.42 Å². The molecule has 70 valence electrons. The summed E-state index contributed by atoms with van der Waals surface area (Å²) in [6, 6.07) is 1.22. The van der Waals surface area contributed by atoms with Crippen LogP contribution in [0.1, 0.15) is 12.0 Å². The number of hydrogen-bond donors (Lipinski definition) is 0. The summed E-state index contributed by atoms with van der Waals surface area (Å²) in [4.78, 5) is 0. The van der Waals surface area contributed by atoms with Gasteiger partial charge in [0.05, 0.1) is 11.1 Å². The zero-order valence-corrected chi connectivity index (χ0v) is 8.33. The van der Waals surface area contributed by atoms with Gasteiger partial charge in [0.15, 0.2) is 0 Å². The van der Waals surface area contributed by atoms with Crippen LogP contribution in [0.2, 0.25) is 0 Å². The van der Waals surface area contributed by atoms with Crippen molar-refractivity contribution >= 4 is 15.9 Å². The van der Waals surface area contributed by atoms with Crippen LogP contribution in [0.3, 0.4) is 0 Å². The lowest BCUT2D eigenvalue weighted by Gasteiger charge is -2.18. The van der Waals surface area contributed by atoms with Crippen molar-refractivity contribution in [3.05, 3.63) is 27.7 Å². The van der Waals surface area contributed by atoms with Gasteiger partial charge in [-0.25, -0.2) is 8.78 Å². The summed E-state index contributed by atoms with van der Waals surface area (Å²) in [5, 5.41) is 0. The lowest BCUT2D eigenvalue weighted by Crippen LogP contribution is -2.11. The molecule has 4 heteroatoms. The minimum Gasteiger partial charge on any atom is -0.493 e. The summed E-state index contributed by atoms with van der Waals surface area (Å²) >= 11 is 2.85. The standard InChI is InChI=1S/C9H7BrF2O/c10-8-6(11)4-7-5(9(8)12)2-1-3-13-7/h4H,1-3H2. The minimum absolute atomic E-state index is 0.100. The number of rotatable bonds is 0. The van der Waals surface area contributed by atoms with Crippen LogP contribution in [0.4, 0.5) is 8.78 Å². The number of hydrogen-bond acceptors (Lipinski definition) is 1. The van der Waals surface area contributed by atoms with E-state index in [1.54, 1.807) is 0 Å². The lowest BCUT2D eigenvalue weighted by molar-refractivity contribution is 0.281. The first-order chi connectivity index (χ1) is 6.20. The van der Waals surface area contributed by atoms with Gasteiger partial charge < -0.3 is 4.74 Å². The molecule has 0 unspecified atom stereocenters. The zero-order chi connectivity index (χ0) is 9.42. The molecule has 0 aromatic heterocycles. The van der Waals surface area contributed by atoms with Crippen molar-refractivity contribution < 1.29 is 13.5 Å². The maximum absolute atomic E-state index is 13.4. The largest absolute Gasteiger partial charge is 0.493 e. The maximum Gasteiger partial charge on any atom is 0.147 e. The third-order valence-electron chi connectivity index (χ3n) is 2.05. The molecular weight excluding hydrogens is 242 g/mol. The Labute approximate surface area is 82.8 Å². The highest BCUT2D eigenvalue weighted by molar-refractivity contribution is 9.10. The molecule has 0 saturated carbocycles. The Bertz CT molecular complexity index is 352. The first-order valence-electron chi connectivity index (χ1n) is 3.99. The summed E-state index contributed by atoms with van der Waals surface area (Å²) in [5.41, 5.74) is 0.472. The molecule has 0 fully saturated rings. The Hall–Kier alpha value is -0.640. The van der Waals surface area contributed by atoms with E-state index >= 15 is 0 Å². The summed E-state index contributed by atoms with van der Waals surface area (Å²) in [6.45, 7) is 0.535. The molecule has 0 bridgehead atoms. The Morgan fingerprint density at radius 3 is 2.92 bits per heavy atom. The zero-order valence-electron chi connectivity index (χ0n) is 6.74. The van der Waals surface area contributed by atoms with E-state index < -0.39 is 11.6 Å². The minimum atomic E-state index is -0.613. The van der Waals surface area contributed by atoms with Crippen LogP contribution in [0.25, 0.3) is 0 Å². The topological polar surface area (TPSA) is 9.23 Å². The van der Waals surface area contributed by atoms with E-state index in [2.05, 4.69) is 15.9 Å². The van der Waals surface area contributed by atoms with Gasteiger partial charge in [-0.15, -0.1) is 0 Å². The monoisotopic (exact) mass is 248 g/mol. The molecule has 1 aromatic carbocycles. The predicted molar refractivity (Wildman–Crippen MR) is 47.9 cm³/mol. The fourth-order valence-corrected chi connectivity index (χ4v) is 1.76. The summed E-state index contributed by atoms with van der Waals surface area (Å²) < 4.78 is 31.4. The predicted octanol–water partition coefficient (Wildman–Crippen LogP) is 3.05. The fraction of sp³-hybridized carbons (Fsp3) is 0.333. The normalized spacial score (nSPS) is 15.0. The van der Waals surface area contributed by atoms with Crippen LogP contribution in [0, 0.1) is 11.6 Å². The van der Waals surface area contributed by atoms with E-state index in [9.17, 15) is 8.78 Å². The van der Waals surface area contributed by atoms with Crippen LogP contribution in [0.5, 0.6) is 5.75 Å². The Morgan fingerprint density at radius 2 is 2.15 bits per heavy atom. The highest BCUT2D eigenvalue weighted by Crippen LogP contribution is 2.33. The molecule has 0 saturated heterocycles. The number of fused-ring (bicyclic) bond motifs is 1. The second kappa shape index (κ2) is 3.25. The summed E-state index contributed by atoms with van der Waals surface area (Å²) in [7, 11) is 0. The summed E-state index contributed by atoms with van der Waals surface area (Å²) in [5.74, 6) is -0.808. The average Bonchev–Trinajstić information content (AvgIpc) is 2.15. The molecule has 1 aromatic rings. The van der Waals surface area contributed by atoms with Crippen molar-refractivity contribution in [2.75, 3.05) is 6.61 Å². The van der Waals surface area contributed by atoms with Crippen molar-refractivity contribution in [3.8, 4) is 5.75 Å². The molecule has 13 heavy (non-hydrogen) atoms. The van der Waals surface area contributed by atoms with Crippen molar-refractivity contribution in [2.24, 2.45) is 0 Å². The van der Waals surface area contributed by atoms with Gasteiger partial charge in [-0.2, -0.15) is 0 Å². The van der Waals surface area contributed by atoms with E-state index in [4.69, 9.17) is 4.74 Å². The van der Waals surface area contributed by atoms with Crippen molar-refractivity contribution in [1.29, 1.82) is 0 Å². The molecule has 1 heterocycles. The summed E-state index contributed by atoms with van der Waals surface area (Å²) in [6.07, 6.45) is 1.39. The molecule has 2 rings (SSSR count). The molecule has 0 atom stereocenters.